The Bertz CT molecular complexity index is 1160. The van der Waals surface area contributed by atoms with Gasteiger partial charge in [-0.05, 0) is 43.0 Å². The van der Waals surface area contributed by atoms with Crippen LogP contribution in [0.5, 0.6) is 0 Å². The molecule has 2 heterocycles. The van der Waals surface area contributed by atoms with Crippen molar-refractivity contribution in [1.82, 2.24) is 15.2 Å². The highest BCUT2D eigenvalue weighted by molar-refractivity contribution is 7.12. The van der Waals surface area contributed by atoms with Gasteiger partial charge in [0, 0.05) is 17.3 Å². The maximum absolute atomic E-state index is 12.1. The lowest BCUT2D eigenvalue weighted by Crippen LogP contribution is -2.16. The Hall–Kier alpha value is -3.51. The van der Waals surface area contributed by atoms with Gasteiger partial charge in [-0.1, -0.05) is 48.0 Å². The van der Waals surface area contributed by atoms with Crippen LogP contribution in [0.15, 0.2) is 77.3 Å². The molecule has 29 heavy (non-hydrogen) atoms. The zero-order valence-corrected chi connectivity index (χ0v) is 17.0. The lowest BCUT2D eigenvalue weighted by Gasteiger charge is -2.05. The third kappa shape index (κ3) is 4.17. The van der Waals surface area contributed by atoms with Crippen molar-refractivity contribution in [3.63, 3.8) is 0 Å². The van der Waals surface area contributed by atoms with Crippen molar-refractivity contribution in [3.8, 4) is 16.9 Å². The number of nitrogens with zero attached hydrogens (tertiary/aromatic N) is 3. The van der Waals surface area contributed by atoms with Crippen molar-refractivity contribution in [2.24, 2.45) is 5.10 Å². The number of amides is 1. The van der Waals surface area contributed by atoms with E-state index in [1.54, 1.807) is 12.3 Å². The van der Waals surface area contributed by atoms with Crippen LogP contribution in [0.1, 0.15) is 26.4 Å². The normalized spacial score (nSPS) is 11.1. The van der Waals surface area contributed by atoms with Crippen molar-refractivity contribution >= 4 is 23.5 Å². The maximum atomic E-state index is 12.1. The van der Waals surface area contributed by atoms with Gasteiger partial charge in [0.2, 0.25) is 0 Å². The van der Waals surface area contributed by atoms with E-state index in [0.717, 1.165) is 28.1 Å². The molecule has 4 aromatic rings. The number of aryl methyl sites for hydroxylation is 2. The van der Waals surface area contributed by atoms with E-state index in [0.29, 0.717) is 4.88 Å². The van der Waals surface area contributed by atoms with Crippen molar-refractivity contribution in [3.05, 3.63) is 93.8 Å². The van der Waals surface area contributed by atoms with Crippen molar-refractivity contribution in [2.45, 2.75) is 13.8 Å². The summed E-state index contributed by atoms with van der Waals surface area (Å²) in [6.07, 6.45) is 3.57. The average Bonchev–Trinajstić information content (AvgIpc) is 3.39. The molecule has 0 aliphatic rings. The second-order valence-corrected chi connectivity index (χ2v) is 7.66. The molecule has 0 aliphatic carbocycles. The van der Waals surface area contributed by atoms with E-state index < -0.39 is 0 Å². The zero-order chi connectivity index (χ0) is 20.2. The van der Waals surface area contributed by atoms with Crippen molar-refractivity contribution in [2.75, 3.05) is 0 Å². The van der Waals surface area contributed by atoms with Crippen LogP contribution in [-0.4, -0.2) is 21.9 Å². The molecule has 2 aromatic heterocycles. The number of hydrazone groups is 1. The van der Waals surface area contributed by atoms with Crippen LogP contribution in [0.4, 0.5) is 0 Å². The van der Waals surface area contributed by atoms with E-state index in [9.17, 15) is 4.79 Å². The first-order valence-corrected chi connectivity index (χ1v) is 10.1. The monoisotopic (exact) mass is 400 g/mol. The summed E-state index contributed by atoms with van der Waals surface area (Å²) in [5, 5.41) is 10.8. The number of rotatable bonds is 5. The minimum absolute atomic E-state index is 0.222. The predicted octanol–water partition coefficient (Wildman–Crippen LogP) is 4.98. The summed E-state index contributed by atoms with van der Waals surface area (Å²) >= 11 is 1.38. The van der Waals surface area contributed by atoms with Gasteiger partial charge in [0.05, 0.1) is 16.8 Å². The first kappa shape index (κ1) is 18.8. The van der Waals surface area contributed by atoms with E-state index in [2.05, 4.69) is 42.6 Å². The summed E-state index contributed by atoms with van der Waals surface area (Å²) < 4.78 is 1.83. The fourth-order valence-corrected chi connectivity index (χ4v) is 3.72. The molecule has 5 nitrogen and oxygen atoms in total. The molecule has 0 bridgehead atoms. The minimum atomic E-state index is -0.222. The summed E-state index contributed by atoms with van der Waals surface area (Å²) in [5.74, 6) is -0.222. The summed E-state index contributed by atoms with van der Waals surface area (Å²) in [4.78, 5) is 12.8. The highest BCUT2D eigenvalue weighted by Crippen LogP contribution is 2.26. The molecule has 0 radical (unpaired) electrons. The quantitative estimate of drug-likeness (QED) is 0.379. The van der Waals surface area contributed by atoms with Crippen LogP contribution in [-0.2, 0) is 0 Å². The summed E-state index contributed by atoms with van der Waals surface area (Å²) in [5.41, 5.74) is 8.57. The largest absolute Gasteiger partial charge is 0.281 e. The lowest BCUT2D eigenvalue weighted by molar-refractivity contribution is 0.0959. The summed E-state index contributed by atoms with van der Waals surface area (Å²) in [6.45, 7) is 4.14. The van der Waals surface area contributed by atoms with Gasteiger partial charge in [0.15, 0.2) is 0 Å². The van der Waals surface area contributed by atoms with Gasteiger partial charge in [-0.25, -0.2) is 10.1 Å². The zero-order valence-electron chi connectivity index (χ0n) is 16.2. The van der Waals surface area contributed by atoms with Crippen LogP contribution >= 0.6 is 11.3 Å². The topological polar surface area (TPSA) is 59.3 Å². The number of thiophene rings is 1. The van der Waals surface area contributed by atoms with Gasteiger partial charge in [0.25, 0.3) is 5.91 Å². The molecule has 0 saturated heterocycles. The van der Waals surface area contributed by atoms with Crippen LogP contribution in [0, 0.1) is 13.8 Å². The van der Waals surface area contributed by atoms with E-state index in [-0.39, 0.29) is 5.91 Å². The average molecular weight is 401 g/mol. The third-order valence-corrected chi connectivity index (χ3v) is 5.38. The Morgan fingerprint density at radius 1 is 1.10 bits per heavy atom. The number of nitrogens with one attached hydrogen (secondary N) is 1. The molecule has 0 spiro atoms. The second kappa shape index (κ2) is 8.24. The van der Waals surface area contributed by atoms with Gasteiger partial charge in [-0.3, -0.25) is 4.79 Å². The van der Waals surface area contributed by atoms with Crippen molar-refractivity contribution in [1.29, 1.82) is 0 Å². The SMILES string of the molecule is Cc1ccc(-c2nn(-c3ccccc3)cc2/C=N\NC(=O)c2cccs2)c(C)c1. The molecular formula is C23H20N4OS. The first-order valence-electron chi connectivity index (χ1n) is 9.21. The van der Waals surface area contributed by atoms with Gasteiger partial charge in [-0.2, -0.15) is 10.2 Å². The highest BCUT2D eigenvalue weighted by atomic mass is 32.1. The summed E-state index contributed by atoms with van der Waals surface area (Å²) in [7, 11) is 0. The molecule has 6 heteroatoms. The molecule has 0 fully saturated rings. The fourth-order valence-electron chi connectivity index (χ4n) is 3.11. The molecule has 4 rings (SSSR count). The fraction of sp³-hybridized carbons (Fsp3) is 0.0870. The molecular weight excluding hydrogens is 380 g/mol. The maximum Gasteiger partial charge on any atom is 0.281 e. The predicted molar refractivity (Wildman–Crippen MR) is 118 cm³/mol. The number of aromatic nitrogens is 2. The molecule has 1 amide bonds. The molecule has 0 aliphatic heterocycles. The molecule has 0 unspecified atom stereocenters. The van der Waals surface area contributed by atoms with E-state index >= 15 is 0 Å². The third-order valence-electron chi connectivity index (χ3n) is 4.52. The van der Waals surface area contributed by atoms with Gasteiger partial charge in [-0.15, -0.1) is 11.3 Å². The van der Waals surface area contributed by atoms with E-state index in [1.807, 2.05) is 52.7 Å². The Morgan fingerprint density at radius 3 is 2.66 bits per heavy atom. The van der Waals surface area contributed by atoms with Crippen LogP contribution in [0.2, 0.25) is 0 Å². The van der Waals surface area contributed by atoms with E-state index in [1.165, 1.54) is 16.9 Å². The van der Waals surface area contributed by atoms with E-state index in [4.69, 9.17) is 5.10 Å². The van der Waals surface area contributed by atoms with Crippen LogP contribution in [0.25, 0.3) is 16.9 Å². The number of para-hydroxylation sites is 1. The standard InChI is InChI=1S/C23H20N4OS/c1-16-10-11-20(17(2)13-16)22-18(14-24-25-23(28)21-9-6-12-29-21)15-27(26-22)19-7-4-3-5-8-19/h3-15H,1-2H3,(H,25,28)/b24-14-. The lowest BCUT2D eigenvalue weighted by atomic mass is 10.0. The Balaban J connectivity index is 1.70. The Morgan fingerprint density at radius 2 is 1.93 bits per heavy atom. The Kier molecular flexibility index (Phi) is 5.35. The van der Waals surface area contributed by atoms with Gasteiger partial charge in [0.1, 0.15) is 5.69 Å². The molecule has 0 atom stereocenters. The van der Waals surface area contributed by atoms with Crippen LogP contribution < -0.4 is 5.43 Å². The first-order chi connectivity index (χ1) is 14.1. The van der Waals surface area contributed by atoms with Crippen molar-refractivity contribution < 1.29 is 4.79 Å². The molecule has 144 valence electrons. The smallest absolute Gasteiger partial charge is 0.266 e. The molecule has 1 N–H and O–H groups in total. The van der Waals surface area contributed by atoms with Gasteiger partial charge >= 0.3 is 0 Å². The summed E-state index contributed by atoms with van der Waals surface area (Å²) in [6, 6.07) is 19.8. The number of hydrogen-bond donors (Lipinski definition) is 1. The number of benzene rings is 2. The number of carbonyl (C=O) groups excluding carboxylic acids is 1. The molecule has 2 aromatic carbocycles. The second-order valence-electron chi connectivity index (χ2n) is 6.71. The minimum Gasteiger partial charge on any atom is -0.266 e. The Labute approximate surface area is 173 Å². The number of hydrogen-bond acceptors (Lipinski definition) is 4. The van der Waals surface area contributed by atoms with Crippen LogP contribution in [0.3, 0.4) is 0 Å². The highest BCUT2D eigenvalue weighted by Gasteiger charge is 2.13. The number of carbonyl (C=O) groups is 1. The molecule has 0 saturated carbocycles. The van der Waals surface area contributed by atoms with Gasteiger partial charge < -0.3 is 0 Å².